The van der Waals surface area contributed by atoms with Crippen LogP contribution in [0.2, 0.25) is 0 Å². The van der Waals surface area contributed by atoms with E-state index in [-0.39, 0.29) is 0 Å². The largest absolute Gasteiger partial charge is 0.345 e. The number of rotatable bonds is 4. The minimum atomic E-state index is 1.02. The highest BCUT2D eigenvalue weighted by Crippen LogP contribution is 2.29. The lowest BCUT2D eigenvalue weighted by Crippen LogP contribution is -2.46. The zero-order valence-corrected chi connectivity index (χ0v) is 14.5. The third kappa shape index (κ3) is 3.50. The number of fused-ring (bicyclic) bond motifs is 1. The number of thiazole rings is 1. The molecule has 0 amide bonds. The molecule has 4 rings (SSSR count). The van der Waals surface area contributed by atoms with E-state index in [1.54, 1.807) is 11.3 Å². The Hall–Kier alpha value is -2.17. The SMILES string of the molecule is C(=C\c1ccccc1)/CN1CCN(c2nc3ccccc3s2)CC1. The van der Waals surface area contributed by atoms with Gasteiger partial charge in [-0.15, -0.1) is 0 Å². The number of anilines is 1. The van der Waals surface area contributed by atoms with Crippen LogP contribution in [-0.4, -0.2) is 42.6 Å². The van der Waals surface area contributed by atoms with Crippen molar-refractivity contribution >= 4 is 32.8 Å². The number of aromatic nitrogens is 1. The fourth-order valence-electron chi connectivity index (χ4n) is 3.02. The first-order chi connectivity index (χ1) is 11.9. The van der Waals surface area contributed by atoms with E-state index in [9.17, 15) is 0 Å². The lowest BCUT2D eigenvalue weighted by Gasteiger charge is -2.33. The zero-order chi connectivity index (χ0) is 16.2. The molecule has 1 saturated heterocycles. The highest BCUT2D eigenvalue weighted by atomic mass is 32.1. The van der Waals surface area contributed by atoms with Crippen molar-refractivity contribution in [1.29, 1.82) is 0 Å². The third-order valence-electron chi connectivity index (χ3n) is 4.40. The summed E-state index contributed by atoms with van der Waals surface area (Å²) in [5.74, 6) is 0. The maximum atomic E-state index is 4.78. The molecule has 0 spiro atoms. The van der Waals surface area contributed by atoms with E-state index in [4.69, 9.17) is 4.98 Å². The van der Waals surface area contributed by atoms with Crippen LogP contribution < -0.4 is 4.90 Å². The Labute approximate surface area is 146 Å². The summed E-state index contributed by atoms with van der Waals surface area (Å²) >= 11 is 1.80. The van der Waals surface area contributed by atoms with Gasteiger partial charge in [-0.3, -0.25) is 4.90 Å². The molecule has 0 bridgehead atoms. The van der Waals surface area contributed by atoms with E-state index in [0.29, 0.717) is 0 Å². The maximum absolute atomic E-state index is 4.78. The minimum absolute atomic E-state index is 1.02. The molecule has 0 aliphatic carbocycles. The number of para-hydroxylation sites is 1. The van der Waals surface area contributed by atoms with Crippen LogP contribution in [0, 0.1) is 0 Å². The summed E-state index contributed by atoms with van der Waals surface area (Å²) in [6.07, 6.45) is 4.47. The van der Waals surface area contributed by atoms with Gasteiger partial charge in [0.2, 0.25) is 0 Å². The molecule has 3 aromatic rings. The van der Waals surface area contributed by atoms with Crippen molar-refractivity contribution in [2.24, 2.45) is 0 Å². The Kier molecular flexibility index (Phi) is 4.58. The van der Waals surface area contributed by atoms with Crippen LogP contribution in [-0.2, 0) is 0 Å². The van der Waals surface area contributed by atoms with E-state index in [1.807, 2.05) is 0 Å². The minimum Gasteiger partial charge on any atom is -0.345 e. The van der Waals surface area contributed by atoms with E-state index >= 15 is 0 Å². The van der Waals surface area contributed by atoms with Crippen LogP contribution in [0.25, 0.3) is 16.3 Å². The van der Waals surface area contributed by atoms with Crippen molar-refractivity contribution in [1.82, 2.24) is 9.88 Å². The van der Waals surface area contributed by atoms with Gasteiger partial charge in [0.15, 0.2) is 5.13 Å². The molecule has 1 aliphatic rings. The highest BCUT2D eigenvalue weighted by Gasteiger charge is 2.18. The molecule has 122 valence electrons. The van der Waals surface area contributed by atoms with Crippen LogP contribution in [0.3, 0.4) is 0 Å². The van der Waals surface area contributed by atoms with Gasteiger partial charge in [-0.2, -0.15) is 0 Å². The first-order valence-electron chi connectivity index (χ1n) is 8.43. The third-order valence-corrected chi connectivity index (χ3v) is 5.50. The number of nitrogens with zero attached hydrogens (tertiary/aromatic N) is 3. The van der Waals surface area contributed by atoms with E-state index < -0.39 is 0 Å². The Balaban J connectivity index is 1.32. The number of hydrogen-bond donors (Lipinski definition) is 0. The van der Waals surface area contributed by atoms with Gasteiger partial charge in [0, 0.05) is 32.7 Å². The van der Waals surface area contributed by atoms with Crippen LogP contribution in [0.1, 0.15) is 5.56 Å². The molecule has 0 radical (unpaired) electrons. The zero-order valence-electron chi connectivity index (χ0n) is 13.6. The van der Waals surface area contributed by atoms with Gasteiger partial charge in [-0.25, -0.2) is 4.98 Å². The monoisotopic (exact) mass is 335 g/mol. The molecular weight excluding hydrogens is 314 g/mol. The van der Waals surface area contributed by atoms with Crippen molar-refractivity contribution in [2.45, 2.75) is 0 Å². The van der Waals surface area contributed by atoms with Crippen LogP contribution >= 0.6 is 11.3 Å². The molecule has 24 heavy (non-hydrogen) atoms. The van der Waals surface area contributed by atoms with E-state index in [0.717, 1.165) is 43.4 Å². The second kappa shape index (κ2) is 7.16. The van der Waals surface area contributed by atoms with Gasteiger partial charge in [-0.1, -0.05) is 66.0 Å². The predicted octanol–water partition coefficient (Wildman–Crippen LogP) is 4.13. The summed E-state index contributed by atoms with van der Waals surface area (Å²) in [5, 5.41) is 1.16. The van der Waals surface area contributed by atoms with Crippen LogP contribution in [0.5, 0.6) is 0 Å². The molecule has 1 aliphatic heterocycles. The van der Waals surface area contributed by atoms with Gasteiger partial charge in [0.25, 0.3) is 0 Å². The molecule has 3 nitrogen and oxygen atoms in total. The topological polar surface area (TPSA) is 19.4 Å². The molecule has 1 fully saturated rings. The number of piperazine rings is 1. The van der Waals surface area contributed by atoms with Crippen molar-refractivity contribution in [3.05, 3.63) is 66.2 Å². The van der Waals surface area contributed by atoms with Gasteiger partial charge in [0.05, 0.1) is 10.2 Å². The van der Waals surface area contributed by atoms with Crippen molar-refractivity contribution in [3.63, 3.8) is 0 Å². The first-order valence-corrected chi connectivity index (χ1v) is 9.24. The van der Waals surface area contributed by atoms with Crippen molar-refractivity contribution < 1.29 is 0 Å². The summed E-state index contributed by atoms with van der Waals surface area (Å²) in [6, 6.07) is 18.9. The number of hydrogen-bond acceptors (Lipinski definition) is 4. The Bertz CT molecular complexity index is 784. The first kappa shape index (κ1) is 15.4. The van der Waals surface area contributed by atoms with E-state index in [1.165, 1.54) is 10.3 Å². The average Bonchev–Trinajstić information content (AvgIpc) is 3.07. The van der Waals surface area contributed by atoms with Gasteiger partial charge < -0.3 is 4.90 Å². The summed E-state index contributed by atoms with van der Waals surface area (Å²) in [4.78, 5) is 9.70. The Morgan fingerprint density at radius 3 is 2.46 bits per heavy atom. The standard InChI is InChI=1S/C20H21N3S/c1-2-7-17(8-3-1)9-6-12-22-13-15-23(16-14-22)20-21-18-10-4-5-11-19(18)24-20/h1-11H,12-16H2/b9-6+. The Morgan fingerprint density at radius 1 is 0.917 bits per heavy atom. The van der Waals surface area contributed by atoms with Crippen LogP contribution in [0.15, 0.2) is 60.7 Å². The number of benzene rings is 2. The molecule has 0 N–H and O–H groups in total. The highest BCUT2D eigenvalue weighted by molar-refractivity contribution is 7.22. The normalized spacial score (nSPS) is 16.2. The summed E-state index contributed by atoms with van der Waals surface area (Å²) in [6.45, 7) is 5.31. The van der Waals surface area contributed by atoms with Crippen LogP contribution in [0.4, 0.5) is 5.13 Å². The smallest absolute Gasteiger partial charge is 0.186 e. The summed E-state index contributed by atoms with van der Waals surface area (Å²) < 4.78 is 1.28. The van der Waals surface area contributed by atoms with Gasteiger partial charge >= 0.3 is 0 Å². The fourth-order valence-corrected chi connectivity index (χ4v) is 4.04. The summed E-state index contributed by atoms with van der Waals surface area (Å²) in [5.41, 5.74) is 2.39. The van der Waals surface area contributed by atoms with Crippen molar-refractivity contribution in [3.8, 4) is 0 Å². The van der Waals surface area contributed by atoms with Crippen molar-refractivity contribution in [2.75, 3.05) is 37.6 Å². The quantitative estimate of drug-likeness (QED) is 0.714. The molecule has 0 unspecified atom stereocenters. The molecule has 2 heterocycles. The van der Waals surface area contributed by atoms with Gasteiger partial charge in [-0.05, 0) is 17.7 Å². The maximum Gasteiger partial charge on any atom is 0.186 e. The predicted molar refractivity (Wildman–Crippen MR) is 104 cm³/mol. The average molecular weight is 335 g/mol. The molecule has 1 aromatic heterocycles. The molecule has 0 atom stereocenters. The van der Waals surface area contributed by atoms with E-state index in [2.05, 4.69) is 76.5 Å². The Morgan fingerprint density at radius 2 is 1.67 bits per heavy atom. The molecule has 4 heteroatoms. The summed E-state index contributed by atoms with van der Waals surface area (Å²) in [7, 11) is 0. The molecule has 0 saturated carbocycles. The van der Waals surface area contributed by atoms with Gasteiger partial charge in [0.1, 0.15) is 0 Å². The lowest BCUT2D eigenvalue weighted by molar-refractivity contribution is 0.284. The second-order valence-corrected chi connectivity index (χ2v) is 7.07. The fraction of sp³-hybridized carbons (Fsp3) is 0.250. The second-order valence-electron chi connectivity index (χ2n) is 6.06. The molecule has 2 aromatic carbocycles. The molecular formula is C20H21N3S. The lowest BCUT2D eigenvalue weighted by atomic mass is 10.2.